The fourth-order valence-electron chi connectivity index (χ4n) is 3.92. The molecule has 0 spiro atoms. The molecule has 2 saturated heterocycles. The second kappa shape index (κ2) is 8.55. The third-order valence-corrected chi connectivity index (χ3v) is 7.25. The number of carbonyl (C=O) groups excluding carboxylic acids is 1. The van der Waals surface area contributed by atoms with Gasteiger partial charge in [-0.1, -0.05) is 11.6 Å². The van der Waals surface area contributed by atoms with E-state index in [0.717, 1.165) is 12.8 Å². The average Bonchev–Trinajstić information content (AvgIpc) is 3.06. The van der Waals surface area contributed by atoms with Gasteiger partial charge in [-0.2, -0.15) is 0 Å². The first-order valence-electron chi connectivity index (χ1n) is 9.72. The highest BCUT2D eigenvalue weighted by molar-refractivity contribution is 7.91. The molecule has 2 heterocycles. The summed E-state index contributed by atoms with van der Waals surface area (Å²) in [5, 5.41) is 11.1. The number of rotatable bonds is 6. The van der Waals surface area contributed by atoms with E-state index in [4.69, 9.17) is 21.1 Å². The van der Waals surface area contributed by atoms with Crippen molar-refractivity contribution in [2.45, 2.75) is 42.8 Å². The fourth-order valence-corrected chi connectivity index (χ4v) is 5.20. The summed E-state index contributed by atoms with van der Waals surface area (Å²) in [6.07, 6.45) is 2.89. The van der Waals surface area contributed by atoms with Crippen LogP contribution in [0.15, 0.2) is 53.4 Å². The molecule has 4 rings (SSSR count). The van der Waals surface area contributed by atoms with Gasteiger partial charge < -0.3 is 9.47 Å². The Kier molecular flexibility index (Phi) is 6.02. The van der Waals surface area contributed by atoms with Gasteiger partial charge in [0.2, 0.25) is 5.91 Å². The number of halogens is 1. The number of ether oxygens (including phenoxy) is 2. The maximum absolute atomic E-state index is 12.6. The number of benzene rings is 2. The SMILES string of the molecule is O=C(C1CC2CCC(C1)O2)N(O)CS(=O)(=O)c1ccc(Oc2ccc(Cl)cc2)cc1. The summed E-state index contributed by atoms with van der Waals surface area (Å²) in [5.74, 6) is -0.762. The molecule has 30 heavy (non-hydrogen) atoms. The highest BCUT2D eigenvalue weighted by atomic mass is 35.5. The molecule has 1 N–H and O–H groups in total. The molecule has 2 aliphatic rings. The Labute approximate surface area is 180 Å². The number of carbonyl (C=O) groups is 1. The van der Waals surface area contributed by atoms with Gasteiger partial charge in [0, 0.05) is 10.9 Å². The van der Waals surface area contributed by atoms with Crippen molar-refractivity contribution in [1.82, 2.24) is 5.06 Å². The van der Waals surface area contributed by atoms with Gasteiger partial charge in [-0.05, 0) is 74.2 Å². The minimum Gasteiger partial charge on any atom is -0.457 e. The zero-order valence-corrected chi connectivity index (χ0v) is 17.7. The quantitative estimate of drug-likeness (QED) is 0.526. The first kappa shape index (κ1) is 21.1. The van der Waals surface area contributed by atoms with Crippen molar-refractivity contribution >= 4 is 27.3 Å². The number of sulfone groups is 1. The second-order valence-electron chi connectivity index (χ2n) is 7.63. The summed E-state index contributed by atoms with van der Waals surface area (Å²) < 4.78 is 36.6. The predicted octanol–water partition coefficient (Wildman–Crippen LogP) is 4.04. The Morgan fingerprint density at radius 2 is 1.57 bits per heavy atom. The van der Waals surface area contributed by atoms with Crippen LogP contribution in [0.3, 0.4) is 0 Å². The minimum absolute atomic E-state index is 0.00940. The molecule has 2 bridgehead atoms. The summed E-state index contributed by atoms with van der Waals surface area (Å²) in [7, 11) is -3.90. The van der Waals surface area contributed by atoms with Crippen molar-refractivity contribution in [3.8, 4) is 11.5 Å². The molecule has 0 aromatic heterocycles. The highest BCUT2D eigenvalue weighted by Gasteiger charge is 2.40. The van der Waals surface area contributed by atoms with Crippen LogP contribution >= 0.6 is 11.6 Å². The zero-order valence-electron chi connectivity index (χ0n) is 16.1. The standard InChI is InChI=1S/C21H22ClNO6S/c22-15-1-3-16(4-2-15)28-17-7-9-20(10-8-17)30(26,27)13-23(25)21(24)14-11-18-5-6-19(12-14)29-18/h1-4,7-10,14,18-19,25H,5-6,11-13H2. The Morgan fingerprint density at radius 3 is 2.13 bits per heavy atom. The lowest BCUT2D eigenvalue weighted by Crippen LogP contribution is -2.41. The Balaban J connectivity index is 1.39. The van der Waals surface area contributed by atoms with Crippen LogP contribution in [0.1, 0.15) is 25.7 Å². The summed E-state index contributed by atoms with van der Waals surface area (Å²) in [4.78, 5) is 12.5. The molecule has 0 saturated carbocycles. The Morgan fingerprint density at radius 1 is 1.03 bits per heavy atom. The van der Waals surface area contributed by atoms with Crippen LogP contribution in [0.25, 0.3) is 0 Å². The van der Waals surface area contributed by atoms with Gasteiger partial charge in [-0.25, -0.2) is 13.5 Å². The molecule has 0 radical (unpaired) electrons. The van der Waals surface area contributed by atoms with E-state index in [1.54, 1.807) is 24.3 Å². The average molecular weight is 452 g/mol. The summed E-state index contributed by atoms with van der Waals surface area (Å²) in [6, 6.07) is 12.6. The van der Waals surface area contributed by atoms with E-state index in [1.807, 2.05) is 0 Å². The van der Waals surface area contributed by atoms with E-state index in [9.17, 15) is 18.4 Å². The van der Waals surface area contributed by atoms with Gasteiger partial charge in [0.05, 0.1) is 17.1 Å². The van der Waals surface area contributed by atoms with Crippen LogP contribution in [-0.2, 0) is 19.4 Å². The molecule has 1 amide bonds. The van der Waals surface area contributed by atoms with Gasteiger partial charge in [0.25, 0.3) is 0 Å². The third kappa shape index (κ3) is 4.78. The van der Waals surface area contributed by atoms with Crippen LogP contribution in [0, 0.1) is 5.92 Å². The van der Waals surface area contributed by atoms with E-state index >= 15 is 0 Å². The third-order valence-electron chi connectivity index (χ3n) is 5.42. The zero-order chi connectivity index (χ0) is 21.3. The Bertz CT molecular complexity index is 997. The van der Waals surface area contributed by atoms with E-state index in [-0.39, 0.29) is 17.1 Å². The Hall–Kier alpha value is -2.13. The normalized spacial score (nSPS) is 23.2. The van der Waals surface area contributed by atoms with Crippen molar-refractivity contribution in [1.29, 1.82) is 0 Å². The topological polar surface area (TPSA) is 93.1 Å². The fraction of sp³-hybridized carbons (Fsp3) is 0.381. The largest absolute Gasteiger partial charge is 0.457 e. The van der Waals surface area contributed by atoms with Crippen LogP contribution in [0.5, 0.6) is 11.5 Å². The maximum Gasteiger partial charge on any atom is 0.250 e. The second-order valence-corrected chi connectivity index (χ2v) is 10.0. The minimum atomic E-state index is -3.90. The number of hydroxylamine groups is 2. The van der Waals surface area contributed by atoms with Crippen LogP contribution < -0.4 is 4.74 Å². The summed E-state index contributed by atoms with van der Waals surface area (Å²) >= 11 is 5.84. The molecule has 2 unspecified atom stereocenters. The predicted molar refractivity (Wildman–Crippen MR) is 109 cm³/mol. The number of nitrogens with zero attached hydrogens (tertiary/aromatic N) is 1. The van der Waals surface area contributed by atoms with Gasteiger partial charge >= 0.3 is 0 Å². The molecular weight excluding hydrogens is 430 g/mol. The molecule has 2 atom stereocenters. The number of hydrogen-bond acceptors (Lipinski definition) is 6. The molecule has 2 aromatic carbocycles. The van der Waals surface area contributed by atoms with Gasteiger partial charge in [-0.15, -0.1) is 0 Å². The van der Waals surface area contributed by atoms with Crippen LogP contribution in [-0.4, -0.2) is 42.7 Å². The van der Waals surface area contributed by atoms with Crippen molar-refractivity contribution in [2.75, 3.05) is 5.88 Å². The molecule has 160 valence electrons. The van der Waals surface area contributed by atoms with Gasteiger partial charge in [-0.3, -0.25) is 10.0 Å². The first-order chi connectivity index (χ1) is 14.3. The lowest BCUT2D eigenvalue weighted by molar-refractivity contribution is -0.171. The van der Waals surface area contributed by atoms with E-state index < -0.39 is 27.5 Å². The maximum atomic E-state index is 12.6. The molecule has 9 heteroatoms. The molecule has 7 nitrogen and oxygen atoms in total. The van der Waals surface area contributed by atoms with Crippen LogP contribution in [0.4, 0.5) is 0 Å². The number of amides is 1. The van der Waals surface area contributed by atoms with Crippen LogP contribution in [0.2, 0.25) is 5.02 Å². The molecule has 2 aliphatic heterocycles. The first-order valence-corrected chi connectivity index (χ1v) is 11.7. The van der Waals surface area contributed by atoms with E-state index in [2.05, 4.69) is 0 Å². The number of fused-ring (bicyclic) bond motifs is 2. The molecule has 2 fully saturated rings. The number of hydrogen-bond donors (Lipinski definition) is 1. The van der Waals surface area contributed by atoms with Crippen molar-refractivity contribution in [3.63, 3.8) is 0 Å². The lowest BCUT2D eigenvalue weighted by Gasteiger charge is -2.29. The van der Waals surface area contributed by atoms with E-state index in [0.29, 0.717) is 34.4 Å². The summed E-state index contributed by atoms with van der Waals surface area (Å²) in [5.41, 5.74) is 0. The van der Waals surface area contributed by atoms with E-state index in [1.165, 1.54) is 24.3 Å². The smallest absolute Gasteiger partial charge is 0.250 e. The molecule has 2 aromatic rings. The monoisotopic (exact) mass is 451 g/mol. The lowest BCUT2D eigenvalue weighted by atomic mass is 9.95. The van der Waals surface area contributed by atoms with Gasteiger partial charge in [0.1, 0.15) is 11.5 Å². The molecule has 0 aliphatic carbocycles. The van der Waals surface area contributed by atoms with Crippen molar-refractivity contribution in [3.05, 3.63) is 53.6 Å². The van der Waals surface area contributed by atoms with Crippen molar-refractivity contribution < 1.29 is 27.9 Å². The summed E-state index contributed by atoms with van der Waals surface area (Å²) in [6.45, 7) is 0. The highest BCUT2D eigenvalue weighted by Crippen LogP contribution is 2.36. The van der Waals surface area contributed by atoms with Gasteiger partial charge in [0.15, 0.2) is 15.7 Å². The van der Waals surface area contributed by atoms with Crippen molar-refractivity contribution in [2.24, 2.45) is 5.92 Å². The molecular formula is C21H22ClNO6S.